The van der Waals surface area contributed by atoms with Crippen LogP contribution in [0.3, 0.4) is 0 Å². The summed E-state index contributed by atoms with van der Waals surface area (Å²) in [6.45, 7) is 9.56. The quantitative estimate of drug-likeness (QED) is 0.813. The summed E-state index contributed by atoms with van der Waals surface area (Å²) in [5.74, 6) is 0.707. The molecule has 2 aliphatic heterocycles. The zero-order chi connectivity index (χ0) is 17.8. The van der Waals surface area contributed by atoms with E-state index in [1.54, 1.807) is 4.90 Å². The van der Waals surface area contributed by atoms with Gasteiger partial charge in [0.25, 0.3) is 0 Å². The van der Waals surface area contributed by atoms with E-state index in [1.165, 1.54) is 0 Å². The summed E-state index contributed by atoms with van der Waals surface area (Å²) in [5, 5.41) is 0. The third-order valence-corrected chi connectivity index (χ3v) is 5.06. The van der Waals surface area contributed by atoms with E-state index in [2.05, 4.69) is 11.8 Å². The van der Waals surface area contributed by atoms with Gasteiger partial charge < -0.3 is 19.4 Å². The summed E-state index contributed by atoms with van der Waals surface area (Å²) in [4.78, 5) is 31.2. The lowest BCUT2D eigenvalue weighted by atomic mass is 10.1. The van der Waals surface area contributed by atoms with Crippen LogP contribution in [0.2, 0.25) is 0 Å². The first-order chi connectivity index (χ1) is 12.1. The van der Waals surface area contributed by atoms with E-state index in [0.29, 0.717) is 19.6 Å². The van der Waals surface area contributed by atoms with Crippen molar-refractivity contribution in [2.45, 2.75) is 20.3 Å². The van der Waals surface area contributed by atoms with Gasteiger partial charge in [-0.25, -0.2) is 0 Å². The number of likely N-dealkylation sites (N-methyl/N-ethyl adjacent to an activating group) is 1. The minimum Gasteiger partial charge on any atom is -0.494 e. The van der Waals surface area contributed by atoms with Crippen molar-refractivity contribution < 1.29 is 14.3 Å². The predicted octanol–water partition coefficient (Wildman–Crippen LogP) is 1.60. The second kappa shape index (κ2) is 7.87. The zero-order valence-electron chi connectivity index (χ0n) is 15.1. The van der Waals surface area contributed by atoms with Crippen molar-refractivity contribution in [1.29, 1.82) is 0 Å². The summed E-state index contributed by atoms with van der Waals surface area (Å²) in [5.41, 5.74) is 0.833. The second-order valence-electron chi connectivity index (χ2n) is 6.59. The Labute approximate surface area is 149 Å². The molecule has 0 N–H and O–H groups in total. The number of amides is 2. The van der Waals surface area contributed by atoms with Crippen LogP contribution in [0.1, 0.15) is 20.3 Å². The van der Waals surface area contributed by atoms with Crippen LogP contribution in [-0.4, -0.2) is 67.5 Å². The molecule has 0 aromatic heterocycles. The minimum absolute atomic E-state index is 0.0229. The molecule has 136 valence electrons. The van der Waals surface area contributed by atoms with Gasteiger partial charge in [-0.3, -0.25) is 9.59 Å². The normalized spacial score (nSPS) is 21.7. The molecule has 25 heavy (non-hydrogen) atoms. The monoisotopic (exact) mass is 345 g/mol. The third kappa shape index (κ3) is 3.95. The van der Waals surface area contributed by atoms with Gasteiger partial charge in [-0.05, 0) is 37.7 Å². The molecule has 2 heterocycles. The van der Waals surface area contributed by atoms with Gasteiger partial charge in [0.05, 0.1) is 12.5 Å². The van der Waals surface area contributed by atoms with E-state index in [0.717, 1.165) is 44.2 Å². The van der Waals surface area contributed by atoms with E-state index in [1.807, 2.05) is 36.1 Å². The van der Waals surface area contributed by atoms with E-state index in [-0.39, 0.29) is 17.7 Å². The van der Waals surface area contributed by atoms with Crippen molar-refractivity contribution in [1.82, 2.24) is 9.80 Å². The van der Waals surface area contributed by atoms with Gasteiger partial charge in [0.15, 0.2) is 0 Å². The topological polar surface area (TPSA) is 53.1 Å². The van der Waals surface area contributed by atoms with Crippen molar-refractivity contribution in [2.24, 2.45) is 5.92 Å². The van der Waals surface area contributed by atoms with Crippen molar-refractivity contribution in [2.75, 3.05) is 50.8 Å². The summed E-state index contributed by atoms with van der Waals surface area (Å²) < 4.78 is 5.44. The van der Waals surface area contributed by atoms with Crippen molar-refractivity contribution >= 4 is 17.5 Å². The number of nitrogens with zero attached hydrogens (tertiary/aromatic N) is 3. The minimum atomic E-state index is -0.229. The van der Waals surface area contributed by atoms with Gasteiger partial charge in [-0.15, -0.1) is 0 Å². The molecule has 0 spiro atoms. The molecular weight excluding hydrogens is 318 g/mol. The Morgan fingerprint density at radius 3 is 2.40 bits per heavy atom. The first kappa shape index (κ1) is 17.7. The van der Waals surface area contributed by atoms with Crippen molar-refractivity contribution in [3.8, 4) is 5.75 Å². The van der Waals surface area contributed by atoms with Crippen LogP contribution in [0, 0.1) is 5.92 Å². The molecule has 1 atom stereocenters. The van der Waals surface area contributed by atoms with Crippen LogP contribution >= 0.6 is 0 Å². The summed E-state index contributed by atoms with van der Waals surface area (Å²) >= 11 is 0. The van der Waals surface area contributed by atoms with E-state index in [4.69, 9.17) is 4.74 Å². The van der Waals surface area contributed by atoms with Gasteiger partial charge in [0.2, 0.25) is 11.8 Å². The Morgan fingerprint density at radius 1 is 1.12 bits per heavy atom. The average Bonchev–Trinajstić information content (AvgIpc) is 3.04. The summed E-state index contributed by atoms with van der Waals surface area (Å²) in [6.07, 6.45) is 0.306. The number of benzene rings is 1. The predicted molar refractivity (Wildman–Crippen MR) is 96.8 cm³/mol. The Balaban J connectivity index is 1.61. The number of carbonyl (C=O) groups is 2. The third-order valence-electron chi connectivity index (χ3n) is 5.06. The molecule has 1 aromatic carbocycles. The number of rotatable bonds is 5. The van der Waals surface area contributed by atoms with E-state index >= 15 is 0 Å². The number of ether oxygens (including phenoxy) is 1. The van der Waals surface area contributed by atoms with Gasteiger partial charge in [0.1, 0.15) is 5.75 Å². The van der Waals surface area contributed by atoms with Crippen molar-refractivity contribution in [3.05, 3.63) is 24.3 Å². The molecule has 0 aliphatic carbocycles. The SMILES string of the molecule is CCOc1ccc(N2C[C@@H](C(=O)N3CCN(CC)CC3)CC2=O)cc1. The van der Waals surface area contributed by atoms with Gasteiger partial charge in [-0.2, -0.15) is 0 Å². The highest BCUT2D eigenvalue weighted by Crippen LogP contribution is 2.28. The van der Waals surface area contributed by atoms with Crippen LogP contribution in [0.15, 0.2) is 24.3 Å². The largest absolute Gasteiger partial charge is 0.494 e. The van der Waals surface area contributed by atoms with Crippen LogP contribution in [0.4, 0.5) is 5.69 Å². The zero-order valence-corrected chi connectivity index (χ0v) is 15.1. The highest BCUT2D eigenvalue weighted by Gasteiger charge is 2.37. The molecule has 2 amide bonds. The number of carbonyl (C=O) groups excluding carboxylic acids is 2. The first-order valence-corrected chi connectivity index (χ1v) is 9.16. The summed E-state index contributed by atoms with van der Waals surface area (Å²) in [7, 11) is 0. The molecule has 0 radical (unpaired) electrons. The maximum atomic E-state index is 12.8. The average molecular weight is 345 g/mol. The Morgan fingerprint density at radius 2 is 1.80 bits per heavy atom. The fraction of sp³-hybridized carbons (Fsp3) is 0.579. The number of hydrogen-bond donors (Lipinski definition) is 0. The molecule has 6 heteroatoms. The smallest absolute Gasteiger partial charge is 0.228 e. The lowest BCUT2D eigenvalue weighted by Crippen LogP contribution is -2.50. The summed E-state index contributed by atoms with van der Waals surface area (Å²) in [6, 6.07) is 7.50. The fourth-order valence-corrected chi connectivity index (χ4v) is 3.55. The second-order valence-corrected chi connectivity index (χ2v) is 6.59. The number of anilines is 1. The van der Waals surface area contributed by atoms with E-state index in [9.17, 15) is 9.59 Å². The molecule has 6 nitrogen and oxygen atoms in total. The van der Waals surface area contributed by atoms with Crippen LogP contribution < -0.4 is 9.64 Å². The van der Waals surface area contributed by atoms with Crippen LogP contribution in [-0.2, 0) is 9.59 Å². The van der Waals surface area contributed by atoms with Gasteiger partial charge in [-0.1, -0.05) is 6.92 Å². The van der Waals surface area contributed by atoms with Gasteiger partial charge >= 0.3 is 0 Å². The highest BCUT2D eigenvalue weighted by molar-refractivity contribution is 6.00. The molecule has 1 aromatic rings. The molecule has 0 saturated carbocycles. The first-order valence-electron chi connectivity index (χ1n) is 9.16. The molecule has 2 fully saturated rings. The number of hydrogen-bond acceptors (Lipinski definition) is 4. The Kier molecular flexibility index (Phi) is 5.58. The Hall–Kier alpha value is -2.08. The molecule has 0 unspecified atom stereocenters. The molecular formula is C19H27N3O3. The lowest BCUT2D eigenvalue weighted by Gasteiger charge is -2.35. The molecule has 2 saturated heterocycles. The molecule has 3 rings (SSSR count). The lowest BCUT2D eigenvalue weighted by molar-refractivity contribution is -0.137. The van der Waals surface area contributed by atoms with Gasteiger partial charge in [0, 0.05) is 44.8 Å². The maximum Gasteiger partial charge on any atom is 0.228 e. The van der Waals surface area contributed by atoms with Crippen molar-refractivity contribution in [3.63, 3.8) is 0 Å². The van der Waals surface area contributed by atoms with Crippen LogP contribution in [0.5, 0.6) is 5.75 Å². The highest BCUT2D eigenvalue weighted by atomic mass is 16.5. The number of piperazine rings is 1. The standard InChI is InChI=1S/C19H27N3O3/c1-3-20-9-11-21(12-10-20)19(24)15-13-18(23)22(14-15)16-5-7-17(8-6-16)25-4-2/h5-8,15H,3-4,9-14H2,1-2H3/t15-/m0/s1. The van der Waals surface area contributed by atoms with Crippen LogP contribution in [0.25, 0.3) is 0 Å². The fourth-order valence-electron chi connectivity index (χ4n) is 3.55. The molecule has 0 bridgehead atoms. The molecule has 2 aliphatic rings. The maximum absolute atomic E-state index is 12.8. The Bertz CT molecular complexity index is 609. The van der Waals surface area contributed by atoms with E-state index < -0.39 is 0 Å².